The number of aliphatic hydroxyl groups is 1. The quantitative estimate of drug-likeness (QED) is 0.675. The minimum absolute atomic E-state index is 0.381. The Bertz CT molecular complexity index is 205. The first-order valence-corrected chi connectivity index (χ1v) is 3.59. The van der Waals surface area contributed by atoms with Crippen molar-refractivity contribution in [2.24, 2.45) is 0 Å². The summed E-state index contributed by atoms with van der Waals surface area (Å²) in [6, 6.07) is 9.47. The predicted molar refractivity (Wildman–Crippen MR) is 32.5 cm³/mol. The molecule has 0 aromatic heterocycles. The van der Waals surface area contributed by atoms with Gasteiger partial charge in [-0.05, 0) is 0 Å². The van der Waals surface area contributed by atoms with Gasteiger partial charge in [-0.15, -0.1) is 0 Å². The number of hydrogen-bond donors (Lipinski definition) is 1. The van der Waals surface area contributed by atoms with Crippen molar-refractivity contribution in [2.75, 3.05) is 0 Å². The molecule has 0 radical (unpaired) electrons. The topological polar surface area (TPSA) is 20.2 Å². The normalized spacial score (nSPS) is 9.00. The molecule has 0 aliphatic heterocycles. The van der Waals surface area contributed by atoms with Gasteiger partial charge in [0.1, 0.15) is 0 Å². The molecule has 0 aliphatic carbocycles. The molecule has 1 N–H and O–H groups in total. The number of hydrogen-bond acceptors (Lipinski definition) is 1. The summed E-state index contributed by atoms with van der Waals surface area (Å²) in [5.41, 5.74) is 0.891. The molecule has 0 saturated heterocycles. The van der Waals surface area contributed by atoms with Gasteiger partial charge < -0.3 is 0 Å². The molecular formula is C7H6MoO. The summed E-state index contributed by atoms with van der Waals surface area (Å²) in [6.07, 6.45) is 0. The van der Waals surface area contributed by atoms with E-state index in [0.29, 0.717) is 4.08 Å². The van der Waals surface area contributed by atoms with Crippen molar-refractivity contribution in [1.29, 1.82) is 0 Å². The average molecular weight is 202 g/mol. The summed E-state index contributed by atoms with van der Waals surface area (Å²) < 4.78 is 0.381. The molecule has 0 saturated carbocycles. The molecule has 1 rings (SSSR count). The minimum atomic E-state index is 0.381. The van der Waals surface area contributed by atoms with Gasteiger partial charge >= 0.3 is 64.4 Å². The summed E-state index contributed by atoms with van der Waals surface area (Å²) in [5.74, 6) is 0. The van der Waals surface area contributed by atoms with Crippen LogP contribution in [0.5, 0.6) is 0 Å². The maximum absolute atomic E-state index is 8.94. The molecule has 0 amide bonds. The predicted octanol–water partition coefficient (Wildman–Crippen LogP) is 1.08. The summed E-state index contributed by atoms with van der Waals surface area (Å²) in [4.78, 5) is 0. The third kappa shape index (κ3) is 1.85. The van der Waals surface area contributed by atoms with Crippen molar-refractivity contribution in [3.63, 3.8) is 0 Å². The van der Waals surface area contributed by atoms with Crippen molar-refractivity contribution in [3.8, 4) is 0 Å². The van der Waals surface area contributed by atoms with Crippen molar-refractivity contribution in [1.82, 2.24) is 0 Å². The fraction of sp³-hybridized carbons (Fsp3) is 0. The van der Waals surface area contributed by atoms with Crippen LogP contribution in [-0.2, 0) is 19.4 Å². The molecule has 0 atom stereocenters. The van der Waals surface area contributed by atoms with Crippen LogP contribution in [0, 0.1) is 0 Å². The summed E-state index contributed by atoms with van der Waals surface area (Å²) in [6.45, 7) is 0. The SMILES string of the molecule is O[C](=[Mo])c1ccccc1. The van der Waals surface area contributed by atoms with E-state index in [-0.39, 0.29) is 0 Å². The Hall–Kier alpha value is -0.262. The molecule has 0 bridgehead atoms. The average Bonchev–Trinajstić information content (AvgIpc) is 1.90. The van der Waals surface area contributed by atoms with Crippen LogP contribution in [0.4, 0.5) is 0 Å². The van der Waals surface area contributed by atoms with Gasteiger partial charge in [0.25, 0.3) is 0 Å². The molecule has 0 unspecified atom stereocenters. The second-order valence-electron chi connectivity index (χ2n) is 1.67. The molecule has 2 heteroatoms. The van der Waals surface area contributed by atoms with Crippen LogP contribution in [0.3, 0.4) is 0 Å². The molecule has 0 heterocycles. The third-order valence-corrected chi connectivity index (χ3v) is 1.60. The van der Waals surface area contributed by atoms with Crippen molar-refractivity contribution in [2.45, 2.75) is 0 Å². The molecular weight excluding hydrogens is 196 g/mol. The van der Waals surface area contributed by atoms with Gasteiger partial charge in [-0.3, -0.25) is 0 Å². The van der Waals surface area contributed by atoms with Gasteiger partial charge in [0, 0.05) is 0 Å². The zero-order valence-corrected chi connectivity index (χ0v) is 6.75. The van der Waals surface area contributed by atoms with Crippen LogP contribution in [-0.4, -0.2) is 9.19 Å². The first-order valence-electron chi connectivity index (χ1n) is 2.59. The van der Waals surface area contributed by atoms with E-state index in [0.717, 1.165) is 5.56 Å². The molecule has 1 nitrogen and oxygen atoms in total. The molecule has 46 valence electrons. The molecule has 9 heavy (non-hydrogen) atoms. The molecule has 0 aliphatic rings. The fourth-order valence-corrected chi connectivity index (χ4v) is 0.915. The Morgan fingerprint density at radius 3 is 2.11 bits per heavy atom. The Morgan fingerprint density at radius 2 is 1.78 bits per heavy atom. The van der Waals surface area contributed by atoms with E-state index in [9.17, 15) is 0 Å². The van der Waals surface area contributed by atoms with E-state index in [2.05, 4.69) is 0 Å². The summed E-state index contributed by atoms with van der Waals surface area (Å²) >= 11 is 1.61. The van der Waals surface area contributed by atoms with Crippen LogP contribution in [0.2, 0.25) is 0 Å². The van der Waals surface area contributed by atoms with Gasteiger partial charge in [-0.1, -0.05) is 0 Å². The van der Waals surface area contributed by atoms with Crippen LogP contribution >= 0.6 is 0 Å². The summed E-state index contributed by atoms with van der Waals surface area (Å²) in [5, 5.41) is 8.94. The zero-order chi connectivity index (χ0) is 6.69. The van der Waals surface area contributed by atoms with Gasteiger partial charge in [0.15, 0.2) is 0 Å². The second kappa shape index (κ2) is 3.05. The Kier molecular flexibility index (Phi) is 2.32. The maximum atomic E-state index is 8.94. The van der Waals surface area contributed by atoms with Crippen molar-refractivity contribution in [3.05, 3.63) is 35.9 Å². The van der Waals surface area contributed by atoms with E-state index in [1.807, 2.05) is 30.3 Å². The van der Waals surface area contributed by atoms with Gasteiger partial charge in [-0.2, -0.15) is 0 Å². The second-order valence-corrected chi connectivity index (χ2v) is 2.62. The molecule has 0 spiro atoms. The first-order chi connectivity index (χ1) is 4.30. The Balaban J connectivity index is 2.98. The Labute approximate surface area is 64.7 Å². The monoisotopic (exact) mass is 204 g/mol. The van der Waals surface area contributed by atoms with Crippen molar-refractivity contribution >= 4 is 4.08 Å². The number of aliphatic hydroxyl groups excluding tert-OH is 1. The number of rotatable bonds is 1. The molecule has 1 aromatic carbocycles. The van der Waals surface area contributed by atoms with E-state index in [4.69, 9.17) is 5.11 Å². The molecule has 1 aromatic rings. The zero-order valence-electron chi connectivity index (χ0n) is 4.74. The third-order valence-electron chi connectivity index (χ3n) is 1.02. The van der Waals surface area contributed by atoms with Crippen LogP contribution in [0.1, 0.15) is 5.56 Å². The fourth-order valence-electron chi connectivity index (χ4n) is 0.581. The van der Waals surface area contributed by atoms with Gasteiger partial charge in [0.2, 0.25) is 0 Å². The van der Waals surface area contributed by atoms with Gasteiger partial charge in [-0.25, -0.2) is 0 Å². The van der Waals surface area contributed by atoms with E-state index < -0.39 is 0 Å². The van der Waals surface area contributed by atoms with E-state index >= 15 is 0 Å². The Morgan fingerprint density at radius 1 is 1.22 bits per heavy atom. The van der Waals surface area contributed by atoms with Crippen LogP contribution in [0.25, 0.3) is 0 Å². The van der Waals surface area contributed by atoms with Crippen molar-refractivity contribution < 1.29 is 24.5 Å². The standard InChI is InChI=1S/C7H6O.Mo/c8-6-7-4-2-1-3-5-7;/h1-5,8H;. The number of benzene rings is 1. The molecule has 0 fully saturated rings. The summed E-state index contributed by atoms with van der Waals surface area (Å²) in [7, 11) is 0. The van der Waals surface area contributed by atoms with E-state index in [1.54, 1.807) is 19.4 Å². The van der Waals surface area contributed by atoms with Crippen LogP contribution in [0.15, 0.2) is 30.3 Å². The van der Waals surface area contributed by atoms with Crippen LogP contribution < -0.4 is 0 Å². The first kappa shape index (κ1) is 6.85. The van der Waals surface area contributed by atoms with Gasteiger partial charge in [0.05, 0.1) is 0 Å². The van der Waals surface area contributed by atoms with E-state index in [1.165, 1.54) is 0 Å².